The van der Waals surface area contributed by atoms with Crippen molar-refractivity contribution in [2.24, 2.45) is 0 Å². The molecule has 0 aliphatic heterocycles. The molecule has 3 N–H and O–H groups in total. The molecule has 0 unspecified atom stereocenters. The third-order valence-corrected chi connectivity index (χ3v) is 3.89. The highest BCUT2D eigenvalue weighted by Crippen LogP contribution is 2.08. The molecule has 5 heteroatoms. The smallest absolute Gasteiger partial charge is 0.257 e. The predicted molar refractivity (Wildman–Crippen MR) is 94.9 cm³/mol. The number of benzene rings is 2. The van der Waals surface area contributed by atoms with Crippen LogP contribution >= 0.6 is 0 Å². The summed E-state index contributed by atoms with van der Waals surface area (Å²) in [6, 6.07) is 15.1. The van der Waals surface area contributed by atoms with Crippen molar-refractivity contribution in [1.29, 1.82) is 0 Å². The molecule has 0 fully saturated rings. The van der Waals surface area contributed by atoms with Gasteiger partial charge in [-0.05, 0) is 30.3 Å². The second kappa shape index (κ2) is 7.10. The number of carbonyl (C=O) groups is 1. The zero-order valence-electron chi connectivity index (χ0n) is 13.4. The van der Waals surface area contributed by atoms with Crippen molar-refractivity contribution in [3.63, 3.8) is 0 Å². The molecule has 1 amide bonds. The minimum absolute atomic E-state index is 0.125. The van der Waals surface area contributed by atoms with E-state index in [-0.39, 0.29) is 16.9 Å². The van der Waals surface area contributed by atoms with Gasteiger partial charge in [0.15, 0.2) is 0 Å². The lowest BCUT2D eigenvalue weighted by molar-refractivity contribution is 0.0949. The molecule has 5 nitrogen and oxygen atoms in total. The van der Waals surface area contributed by atoms with E-state index in [2.05, 4.69) is 15.6 Å². The van der Waals surface area contributed by atoms with Crippen molar-refractivity contribution in [2.75, 3.05) is 7.05 Å². The van der Waals surface area contributed by atoms with Gasteiger partial charge in [0.25, 0.3) is 5.91 Å². The molecule has 0 saturated heterocycles. The number of para-hydroxylation sites is 1. The fourth-order valence-corrected chi connectivity index (χ4v) is 2.59. The summed E-state index contributed by atoms with van der Waals surface area (Å²) in [5, 5.41) is 6.40. The van der Waals surface area contributed by atoms with Crippen molar-refractivity contribution in [1.82, 2.24) is 15.6 Å². The molecular formula is C19H19N3O2. The van der Waals surface area contributed by atoms with Gasteiger partial charge in [-0.3, -0.25) is 9.59 Å². The summed E-state index contributed by atoms with van der Waals surface area (Å²) >= 11 is 0. The fourth-order valence-electron chi connectivity index (χ4n) is 2.59. The van der Waals surface area contributed by atoms with Crippen LogP contribution in [0.3, 0.4) is 0 Å². The Labute approximate surface area is 139 Å². The molecule has 0 aliphatic rings. The highest BCUT2D eigenvalue weighted by molar-refractivity contribution is 5.97. The topological polar surface area (TPSA) is 74.0 Å². The SMILES string of the molecule is CNCc1ccc(CNC(=O)c2c[nH]c3ccccc3c2=O)cc1. The maximum atomic E-state index is 12.4. The van der Waals surface area contributed by atoms with Crippen molar-refractivity contribution < 1.29 is 4.79 Å². The molecule has 3 rings (SSSR count). The van der Waals surface area contributed by atoms with E-state index in [0.717, 1.165) is 17.6 Å². The number of hydrogen-bond donors (Lipinski definition) is 3. The molecule has 0 saturated carbocycles. The Morgan fingerprint density at radius 3 is 2.38 bits per heavy atom. The lowest BCUT2D eigenvalue weighted by atomic mass is 10.1. The highest BCUT2D eigenvalue weighted by atomic mass is 16.2. The zero-order chi connectivity index (χ0) is 16.9. The van der Waals surface area contributed by atoms with Crippen LogP contribution in [-0.4, -0.2) is 17.9 Å². The van der Waals surface area contributed by atoms with Gasteiger partial charge < -0.3 is 15.6 Å². The van der Waals surface area contributed by atoms with Crippen LogP contribution in [-0.2, 0) is 13.1 Å². The Morgan fingerprint density at radius 1 is 1.00 bits per heavy atom. The molecule has 0 spiro atoms. The molecule has 0 radical (unpaired) electrons. The maximum Gasteiger partial charge on any atom is 0.257 e. The first kappa shape index (κ1) is 16.0. The van der Waals surface area contributed by atoms with E-state index in [1.807, 2.05) is 43.4 Å². The van der Waals surface area contributed by atoms with E-state index < -0.39 is 0 Å². The minimum atomic E-state index is -0.374. The number of amides is 1. The molecule has 3 aromatic rings. The van der Waals surface area contributed by atoms with Crippen LogP contribution in [0.4, 0.5) is 0 Å². The van der Waals surface area contributed by atoms with Gasteiger partial charge in [-0.15, -0.1) is 0 Å². The van der Waals surface area contributed by atoms with E-state index in [9.17, 15) is 9.59 Å². The lowest BCUT2D eigenvalue weighted by Crippen LogP contribution is -2.28. The van der Waals surface area contributed by atoms with E-state index in [0.29, 0.717) is 11.9 Å². The second-order valence-electron chi connectivity index (χ2n) is 5.61. The van der Waals surface area contributed by atoms with Gasteiger partial charge in [-0.2, -0.15) is 0 Å². The average Bonchev–Trinajstić information content (AvgIpc) is 2.62. The number of fused-ring (bicyclic) bond motifs is 1. The van der Waals surface area contributed by atoms with Crippen LogP contribution in [0.25, 0.3) is 10.9 Å². The van der Waals surface area contributed by atoms with Crippen LogP contribution in [0, 0.1) is 0 Å². The molecular weight excluding hydrogens is 302 g/mol. The lowest BCUT2D eigenvalue weighted by Gasteiger charge is -2.07. The molecule has 122 valence electrons. The van der Waals surface area contributed by atoms with Gasteiger partial charge in [0.05, 0.1) is 0 Å². The Morgan fingerprint density at radius 2 is 1.67 bits per heavy atom. The number of carbonyl (C=O) groups excluding carboxylic acids is 1. The summed E-state index contributed by atoms with van der Waals surface area (Å²) < 4.78 is 0. The number of aromatic amines is 1. The largest absolute Gasteiger partial charge is 0.360 e. The van der Waals surface area contributed by atoms with Gasteiger partial charge in [-0.25, -0.2) is 0 Å². The first-order valence-electron chi connectivity index (χ1n) is 7.80. The summed E-state index contributed by atoms with van der Waals surface area (Å²) in [7, 11) is 1.90. The summed E-state index contributed by atoms with van der Waals surface area (Å²) in [6.07, 6.45) is 1.47. The Balaban J connectivity index is 1.73. The monoisotopic (exact) mass is 321 g/mol. The molecule has 0 bridgehead atoms. The molecule has 1 heterocycles. The number of nitrogens with one attached hydrogen (secondary N) is 3. The van der Waals surface area contributed by atoms with Crippen LogP contribution in [0.15, 0.2) is 59.5 Å². The third-order valence-electron chi connectivity index (χ3n) is 3.89. The van der Waals surface area contributed by atoms with Crippen LogP contribution in [0.2, 0.25) is 0 Å². The Hall–Kier alpha value is -2.92. The van der Waals surface area contributed by atoms with Gasteiger partial charge in [0, 0.05) is 30.2 Å². The minimum Gasteiger partial charge on any atom is -0.360 e. The average molecular weight is 321 g/mol. The predicted octanol–water partition coefficient (Wildman–Crippen LogP) is 2.18. The molecule has 0 aliphatic carbocycles. The first-order chi connectivity index (χ1) is 11.7. The van der Waals surface area contributed by atoms with Crippen LogP contribution in [0.1, 0.15) is 21.5 Å². The van der Waals surface area contributed by atoms with Crippen molar-refractivity contribution >= 4 is 16.8 Å². The van der Waals surface area contributed by atoms with Gasteiger partial charge in [0.2, 0.25) is 5.43 Å². The number of H-pyrrole nitrogens is 1. The summed E-state index contributed by atoms with van der Waals surface area (Å²) in [5.74, 6) is -0.374. The van der Waals surface area contributed by atoms with Crippen LogP contribution < -0.4 is 16.1 Å². The molecule has 0 atom stereocenters. The second-order valence-corrected chi connectivity index (χ2v) is 5.61. The first-order valence-corrected chi connectivity index (χ1v) is 7.80. The Bertz CT molecular complexity index is 914. The summed E-state index contributed by atoms with van der Waals surface area (Å²) in [6.45, 7) is 1.18. The Kier molecular flexibility index (Phi) is 4.72. The number of rotatable bonds is 5. The fraction of sp³-hybridized carbons (Fsp3) is 0.158. The quantitative estimate of drug-likeness (QED) is 0.674. The summed E-state index contributed by atoms with van der Waals surface area (Å²) in [4.78, 5) is 27.7. The van der Waals surface area contributed by atoms with Gasteiger partial charge in [0.1, 0.15) is 5.56 Å². The van der Waals surface area contributed by atoms with E-state index in [1.54, 1.807) is 12.1 Å². The van der Waals surface area contributed by atoms with Crippen molar-refractivity contribution in [3.8, 4) is 0 Å². The summed E-state index contributed by atoms with van der Waals surface area (Å²) in [5.41, 5.74) is 2.75. The van der Waals surface area contributed by atoms with Crippen LogP contribution in [0.5, 0.6) is 0 Å². The molecule has 24 heavy (non-hydrogen) atoms. The van der Waals surface area contributed by atoms with Gasteiger partial charge in [-0.1, -0.05) is 36.4 Å². The van der Waals surface area contributed by atoms with E-state index in [4.69, 9.17) is 0 Å². The molecule has 1 aromatic heterocycles. The standard InChI is InChI=1S/C19H19N3O2/c1-20-10-13-6-8-14(9-7-13)11-22-19(24)16-12-21-17-5-3-2-4-15(17)18(16)23/h2-9,12,20H,10-11H2,1H3,(H,21,23)(H,22,24). The number of pyridine rings is 1. The maximum absolute atomic E-state index is 12.4. The third kappa shape index (κ3) is 3.36. The van der Waals surface area contributed by atoms with Crippen molar-refractivity contribution in [3.05, 3.63) is 81.6 Å². The number of hydrogen-bond acceptors (Lipinski definition) is 3. The highest BCUT2D eigenvalue weighted by Gasteiger charge is 2.12. The molecule has 2 aromatic carbocycles. The van der Waals surface area contributed by atoms with E-state index >= 15 is 0 Å². The number of aromatic nitrogens is 1. The normalized spacial score (nSPS) is 10.7. The van der Waals surface area contributed by atoms with E-state index in [1.165, 1.54) is 11.8 Å². The van der Waals surface area contributed by atoms with Gasteiger partial charge >= 0.3 is 0 Å². The van der Waals surface area contributed by atoms with Crippen molar-refractivity contribution in [2.45, 2.75) is 13.1 Å². The zero-order valence-corrected chi connectivity index (χ0v) is 13.4.